The van der Waals surface area contributed by atoms with Crippen LogP contribution in [0.4, 0.5) is 11.6 Å². The summed E-state index contributed by atoms with van der Waals surface area (Å²) in [4.78, 5) is 38.4. The summed E-state index contributed by atoms with van der Waals surface area (Å²) in [5, 5.41) is 14.1. The predicted molar refractivity (Wildman–Crippen MR) is 125 cm³/mol. The van der Waals surface area contributed by atoms with Crippen LogP contribution in [0.3, 0.4) is 0 Å². The summed E-state index contributed by atoms with van der Waals surface area (Å²) in [7, 11) is 0. The molecule has 31 heavy (non-hydrogen) atoms. The molecule has 3 N–H and O–H groups in total. The number of carbonyl (C=O) groups is 3. The first-order valence-corrected chi connectivity index (χ1v) is 11.0. The fourth-order valence-corrected chi connectivity index (χ4v) is 4.71. The number of carbonyl (C=O) groups excluding carboxylic acids is 2. The summed E-state index contributed by atoms with van der Waals surface area (Å²) in [6.45, 7) is 4.10. The third-order valence-electron chi connectivity index (χ3n) is 4.53. The van der Waals surface area contributed by atoms with Gasteiger partial charge in [0, 0.05) is 28.1 Å². The molecule has 0 unspecified atom stereocenters. The van der Waals surface area contributed by atoms with E-state index in [9.17, 15) is 14.4 Å². The van der Waals surface area contributed by atoms with Crippen molar-refractivity contribution in [2.24, 2.45) is 0 Å². The van der Waals surface area contributed by atoms with E-state index in [-0.39, 0.29) is 5.91 Å². The molecule has 1 heterocycles. The fraction of sp³-hybridized carbons (Fsp3) is 0.238. The molecule has 162 valence electrons. The van der Waals surface area contributed by atoms with E-state index >= 15 is 0 Å². The van der Waals surface area contributed by atoms with Gasteiger partial charge < -0.3 is 15.0 Å². The van der Waals surface area contributed by atoms with Crippen LogP contribution in [0.1, 0.15) is 31.4 Å². The number of carboxylic acids is 1. The van der Waals surface area contributed by atoms with Crippen LogP contribution in [0.25, 0.3) is 11.0 Å². The summed E-state index contributed by atoms with van der Waals surface area (Å²) in [6.07, 6.45) is 0.00735. The van der Waals surface area contributed by atoms with Crippen molar-refractivity contribution < 1.29 is 19.5 Å². The summed E-state index contributed by atoms with van der Waals surface area (Å²) < 4.78 is 3.50. The molecule has 2 aromatic carbocycles. The number of aromatic nitrogens is 2. The number of benzene rings is 2. The van der Waals surface area contributed by atoms with Crippen molar-refractivity contribution in [3.8, 4) is 0 Å². The molecule has 0 aliphatic rings. The van der Waals surface area contributed by atoms with Crippen LogP contribution in [0.5, 0.6) is 0 Å². The molecular weight excluding hydrogens is 532 g/mol. The number of halogens is 2. The normalized spacial score (nSPS) is 10.8. The van der Waals surface area contributed by atoms with E-state index in [0.29, 0.717) is 24.6 Å². The van der Waals surface area contributed by atoms with E-state index in [1.165, 1.54) is 6.92 Å². The quantitative estimate of drug-likeness (QED) is 0.373. The summed E-state index contributed by atoms with van der Waals surface area (Å²) in [5.74, 6) is -1.43. The fourth-order valence-electron chi connectivity index (χ4n) is 3.24. The van der Waals surface area contributed by atoms with Gasteiger partial charge in [0.25, 0.3) is 0 Å². The van der Waals surface area contributed by atoms with Crippen LogP contribution in [0, 0.1) is 0 Å². The maximum Gasteiger partial charge on any atom is 0.312 e. The minimum atomic E-state index is -1.18. The van der Waals surface area contributed by atoms with Crippen LogP contribution in [-0.2, 0) is 27.3 Å². The number of hydrogen-bond donors (Lipinski definition) is 3. The van der Waals surface area contributed by atoms with Gasteiger partial charge in [0.2, 0.25) is 17.8 Å². The maximum atomic E-state index is 11.7. The van der Waals surface area contributed by atoms with E-state index in [4.69, 9.17) is 5.11 Å². The molecule has 0 aliphatic heterocycles. The van der Waals surface area contributed by atoms with Crippen LogP contribution in [0.2, 0.25) is 0 Å². The molecule has 8 nitrogen and oxygen atoms in total. The van der Waals surface area contributed by atoms with Crippen molar-refractivity contribution in [1.29, 1.82) is 0 Å². The average Bonchev–Trinajstić information content (AvgIpc) is 2.99. The summed E-state index contributed by atoms with van der Waals surface area (Å²) in [5.41, 5.74) is 4.23. The van der Waals surface area contributed by atoms with Crippen molar-refractivity contribution in [2.45, 2.75) is 33.2 Å². The highest BCUT2D eigenvalue weighted by Crippen LogP contribution is 2.32. The second-order valence-corrected chi connectivity index (χ2v) is 8.61. The number of imidazole rings is 1. The SMILES string of the molecule is CCn1c(NC(C)=O)nc2ccc(Cc3c(Br)cc(NC(=O)CC(=O)O)cc3Br)cc21. The number of amides is 2. The molecule has 10 heteroatoms. The lowest BCUT2D eigenvalue weighted by atomic mass is 10.0. The van der Waals surface area contributed by atoms with E-state index in [2.05, 4.69) is 47.5 Å². The van der Waals surface area contributed by atoms with Gasteiger partial charge >= 0.3 is 5.97 Å². The van der Waals surface area contributed by atoms with Gasteiger partial charge in [0.15, 0.2) is 0 Å². The molecule has 0 saturated heterocycles. The molecule has 0 aliphatic carbocycles. The lowest BCUT2D eigenvalue weighted by Gasteiger charge is -2.12. The van der Waals surface area contributed by atoms with Gasteiger partial charge in [-0.3, -0.25) is 19.7 Å². The van der Waals surface area contributed by atoms with Gasteiger partial charge in [0.1, 0.15) is 6.42 Å². The minimum Gasteiger partial charge on any atom is -0.481 e. The molecule has 0 spiro atoms. The van der Waals surface area contributed by atoms with E-state index < -0.39 is 18.3 Å². The Morgan fingerprint density at radius 3 is 2.35 bits per heavy atom. The van der Waals surface area contributed by atoms with Gasteiger partial charge in [0.05, 0.1) is 11.0 Å². The molecule has 0 bridgehead atoms. The molecule has 0 saturated carbocycles. The summed E-state index contributed by atoms with van der Waals surface area (Å²) in [6, 6.07) is 9.42. The maximum absolute atomic E-state index is 11.7. The Morgan fingerprint density at radius 2 is 1.77 bits per heavy atom. The van der Waals surface area contributed by atoms with E-state index in [1.807, 2.05) is 29.7 Å². The molecular formula is C21H20Br2N4O4. The predicted octanol–water partition coefficient (Wildman–Crippen LogP) is 4.54. The highest BCUT2D eigenvalue weighted by Gasteiger charge is 2.15. The first kappa shape index (κ1) is 23.0. The standard InChI is InChI=1S/C21H20Br2N4O4/c1-3-27-18-7-12(4-5-17(18)26-21(27)24-11(2)28)6-14-15(22)8-13(9-16(14)23)25-19(29)10-20(30)31/h4-5,7-9H,3,6,10H2,1-2H3,(H,25,29)(H,30,31)(H,24,26,28). The largest absolute Gasteiger partial charge is 0.481 e. The number of nitrogens with one attached hydrogen (secondary N) is 2. The van der Waals surface area contributed by atoms with E-state index in [0.717, 1.165) is 31.1 Å². The number of aryl methyl sites for hydroxylation is 1. The van der Waals surface area contributed by atoms with Crippen LogP contribution >= 0.6 is 31.9 Å². The molecule has 3 rings (SSSR count). The Kier molecular flexibility index (Phi) is 7.11. The third-order valence-corrected chi connectivity index (χ3v) is 5.95. The zero-order valence-electron chi connectivity index (χ0n) is 16.8. The van der Waals surface area contributed by atoms with Crippen molar-refractivity contribution >= 4 is 72.3 Å². The first-order valence-electron chi connectivity index (χ1n) is 9.44. The lowest BCUT2D eigenvalue weighted by Crippen LogP contribution is -2.16. The first-order chi connectivity index (χ1) is 14.7. The number of hydrogen-bond acceptors (Lipinski definition) is 4. The van der Waals surface area contributed by atoms with Crippen LogP contribution < -0.4 is 10.6 Å². The highest BCUT2D eigenvalue weighted by molar-refractivity contribution is 9.11. The number of nitrogens with zero attached hydrogens (tertiary/aromatic N) is 2. The van der Waals surface area contributed by atoms with Gasteiger partial charge in [-0.25, -0.2) is 4.98 Å². The van der Waals surface area contributed by atoms with E-state index in [1.54, 1.807) is 12.1 Å². The van der Waals surface area contributed by atoms with Crippen LogP contribution in [0.15, 0.2) is 39.3 Å². The highest BCUT2D eigenvalue weighted by atomic mass is 79.9. The van der Waals surface area contributed by atoms with Crippen molar-refractivity contribution in [1.82, 2.24) is 9.55 Å². The van der Waals surface area contributed by atoms with Crippen molar-refractivity contribution in [3.63, 3.8) is 0 Å². The topological polar surface area (TPSA) is 113 Å². The number of fused-ring (bicyclic) bond motifs is 1. The Balaban J connectivity index is 1.88. The van der Waals surface area contributed by atoms with Crippen LogP contribution in [-0.4, -0.2) is 32.4 Å². The van der Waals surface area contributed by atoms with Gasteiger partial charge in [-0.2, -0.15) is 0 Å². The Labute approximate surface area is 195 Å². The average molecular weight is 552 g/mol. The zero-order valence-corrected chi connectivity index (χ0v) is 20.0. The Morgan fingerprint density at radius 1 is 1.10 bits per heavy atom. The van der Waals surface area contributed by atoms with Gasteiger partial charge in [-0.05, 0) is 48.7 Å². The molecule has 2 amide bonds. The molecule has 0 atom stereocenters. The molecule has 3 aromatic rings. The number of carboxylic acid groups (broad SMARTS) is 1. The lowest BCUT2D eigenvalue weighted by molar-refractivity contribution is -0.139. The van der Waals surface area contributed by atoms with Crippen molar-refractivity contribution in [2.75, 3.05) is 10.6 Å². The minimum absolute atomic E-state index is 0.173. The second kappa shape index (κ2) is 9.61. The number of rotatable bonds is 7. The zero-order chi connectivity index (χ0) is 22.7. The monoisotopic (exact) mass is 550 g/mol. The Bertz CT molecular complexity index is 1170. The Hall–Kier alpha value is -2.72. The number of anilines is 2. The van der Waals surface area contributed by atoms with Crippen molar-refractivity contribution in [3.05, 3.63) is 50.4 Å². The van der Waals surface area contributed by atoms with Gasteiger partial charge in [-0.1, -0.05) is 37.9 Å². The third kappa shape index (κ3) is 5.50. The number of aliphatic carboxylic acids is 1. The summed E-state index contributed by atoms with van der Waals surface area (Å²) >= 11 is 7.09. The second-order valence-electron chi connectivity index (χ2n) is 6.90. The molecule has 0 fully saturated rings. The van der Waals surface area contributed by atoms with Gasteiger partial charge in [-0.15, -0.1) is 0 Å². The molecule has 0 radical (unpaired) electrons. The molecule has 1 aromatic heterocycles. The smallest absolute Gasteiger partial charge is 0.312 e.